The molecule has 208 valence electrons. The van der Waals surface area contributed by atoms with E-state index in [0.717, 1.165) is 79.2 Å². The van der Waals surface area contributed by atoms with Gasteiger partial charge in [-0.2, -0.15) is 0 Å². The largest absolute Gasteiger partial charge is 0.455 e. The number of para-hydroxylation sites is 1. The molecule has 0 bridgehead atoms. The third-order valence-corrected chi connectivity index (χ3v) is 8.92. The Balaban J connectivity index is 1.22. The second-order valence-corrected chi connectivity index (χ2v) is 11.7. The van der Waals surface area contributed by atoms with Crippen LogP contribution in [0.2, 0.25) is 0 Å². The Morgan fingerprint density at radius 3 is 2.21 bits per heavy atom. The van der Waals surface area contributed by atoms with E-state index in [1.807, 2.05) is 18.3 Å². The summed E-state index contributed by atoms with van der Waals surface area (Å²) < 4.78 is 6.65. The molecule has 8 rings (SSSR count). The molecule has 0 N–H and O–H groups in total. The van der Waals surface area contributed by atoms with E-state index in [9.17, 15) is 0 Å². The Labute approximate surface area is 251 Å². The van der Waals surface area contributed by atoms with E-state index in [1.54, 1.807) is 0 Å². The molecule has 4 aromatic carbocycles. The number of pyridine rings is 2. The SMILES string of the molecule is c1ccc(-c2ccc(-c3ccc4c(c3)oc3c(-c5cc(CC6CCCC6)ccn5)cccc34)c(-c3ccccc3)n2)cc1. The van der Waals surface area contributed by atoms with Crippen molar-refractivity contribution in [1.82, 2.24) is 9.97 Å². The molecular weight excluding hydrogens is 524 g/mol. The van der Waals surface area contributed by atoms with Gasteiger partial charge >= 0.3 is 0 Å². The summed E-state index contributed by atoms with van der Waals surface area (Å²) in [7, 11) is 0. The van der Waals surface area contributed by atoms with Gasteiger partial charge in [-0.05, 0) is 59.9 Å². The van der Waals surface area contributed by atoms with Crippen LogP contribution >= 0.6 is 0 Å². The van der Waals surface area contributed by atoms with Crippen LogP contribution in [0.4, 0.5) is 0 Å². The number of nitrogens with zero attached hydrogens (tertiary/aromatic N) is 2. The fourth-order valence-corrected chi connectivity index (χ4v) is 6.74. The molecule has 1 aliphatic rings. The number of hydrogen-bond acceptors (Lipinski definition) is 3. The van der Waals surface area contributed by atoms with Crippen LogP contribution in [-0.4, -0.2) is 9.97 Å². The second-order valence-electron chi connectivity index (χ2n) is 11.7. The minimum atomic E-state index is 0.799. The van der Waals surface area contributed by atoms with Crippen molar-refractivity contribution >= 4 is 21.9 Å². The van der Waals surface area contributed by atoms with E-state index in [2.05, 4.69) is 109 Å². The Kier molecular flexibility index (Phi) is 6.57. The maximum absolute atomic E-state index is 6.65. The zero-order valence-corrected chi connectivity index (χ0v) is 24.0. The lowest BCUT2D eigenvalue weighted by atomic mass is 9.96. The average Bonchev–Trinajstić information content (AvgIpc) is 3.73. The molecule has 0 unspecified atom stereocenters. The molecular formula is C40H32N2O. The van der Waals surface area contributed by atoms with Gasteiger partial charge in [-0.15, -0.1) is 0 Å². The lowest BCUT2D eigenvalue weighted by Crippen LogP contribution is -1.99. The van der Waals surface area contributed by atoms with Crippen LogP contribution in [0.3, 0.4) is 0 Å². The molecule has 0 amide bonds. The molecule has 0 saturated heterocycles. The van der Waals surface area contributed by atoms with Gasteiger partial charge in [0.2, 0.25) is 0 Å². The van der Waals surface area contributed by atoms with Gasteiger partial charge in [0.1, 0.15) is 11.2 Å². The van der Waals surface area contributed by atoms with Crippen LogP contribution in [0.15, 0.2) is 132 Å². The van der Waals surface area contributed by atoms with Crippen molar-refractivity contribution in [2.45, 2.75) is 32.1 Å². The fraction of sp³-hybridized carbons (Fsp3) is 0.150. The Morgan fingerprint density at radius 2 is 1.40 bits per heavy atom. The highest BCUT2D eigenvalue weighted by molar-refractivity contribution is 6.10. The standard InChI is InChI=1S/C40H32N2O/c1-3-12-29(13-4-1)36-21-20-32(39(42-36)30-14-5-2-6-15-30)31-18-19-33-34-16-9-17-35(40(34)43-38(33)26-31)37-25-28(22-23-41-37)24-27-10-7-8-11-27/h1-6,9,12-23,25-27H,7-8,10-11,24H2. The van der Waals surface area contributed by atoms with Gasteiger partial charge in [0, 0.05) is 39.2 Å². The Morgan fingerprint density at radius 1 is 0.605 bits per heavy atom. The van der Waals surface area contributed by atoms with Crippen LogP contribution < -0.4 is 0 Å². The highest BCUT2D eigenvalue weighted by Gasteiger charge is 2.18. The van der Waals surface area contributed by atoms with Crippen LogP contribution in [0.5, 0.6) is 0 Å². The number of fused-ring (bicyclic) bond motifs is 3. The van der Waals surface area contributed by atoms with Crippen LogP contribution in [0.25, 0.3) is 66.8 Å². The van der Waals surface area contributed by atoms with Crippen molar-refractivity contribution in [3.63, 3.8) is 0 Å². The Hall–Kier alpha value is -5.02. The summed E-state index contributed by atoms with van der Waals surface area (Å²) in [5.74, 6) is 0.799. The van der Waals surface area contributed by atoms with Crippen molar-refractivity contribution in [2.75, 3.05) is 0 Å². The first-order valence-electron chi connectivity index (χ1n) is 15.3. The topological polar surface area (TPSA) is 38.9 Å². The summed E-state index contributed by atoms with van der Waals surface area (Å²) in [5, 5.41) is 2.22. The predicted molar refractivity (Wildman–Crippen MR) is 177 cm³/mol. The van der Waals surface area contributed by atoms with Crippen molar-refractivity contribution in [1.29, 1.82) is 0 Å². The summed E-state index contributed by atoms with van der Waals surface area (Å²) in [6.45, 7) is 0. The van der Waals surface area contributed by atoms with Crippen LogP contribution in [0.1, 0.15) is 31.2 Å². The first-order valence-corrected chi connectivity index (χ1v) is 15.3. The third-order valence-electron chi connectivity index (χ3n) is 8.92. The molecule has 0 aliphatic heterocycles. The predicted octanol–water partition coefficient (Wildman–Crippen LogP) is 10.8. The van der Waals surface area contributed by atoms with E-state index in [-0.39, 0.29) is 0 Å². The lowest BCUT2D eigenvalue weighted by Gasteiger charge is -2.12. The van der Waals surface area contributed by atoms with E-state index in [1.165, 1.54) is 31.2 Å². The maximum Gasteiger partial charge on any atom is 0.144 e. The number of rotatable bonds is 6. The zero-order valence-electron chi connectivity index (χ0n) is 24.0. The highest BCUT2D eigenvalue weighted by Crippen LogP contribution is 2.39. The smallest absolute Gasteiger partial charge is 0.144 e. The molecule has 3 aromatic heterocycles. The highest BCUT2D eigenvalue weighted by atomic mass is 16.3. The number of aromatic nitrogens is 2. The molecule has 0 atom stereocenters. The molecule has 3 heterocycles. The van der Waals surface area contributed by atoms with Gasteiger partial charge in [0.15, 0.2) is 0 Å². The number of furan rings is 1. The summed E-state index contributed by atoms with van der Waals surface area (Å²) in [5.41, 5.74) is 11.4. The molecule has 0 spiro atoms. The maximum atomic E-state index is 6.65. The second kappa shape index (κ2) is 11.0. The quantitative estimate of drug-likeness (QED) is 0.204. The molecule has 1 saturated carbocycles. The first kappa shape index (κ1) is 25.7. The summed E-state index contributed by atoms with van der Waals surface area (Å²) in [6.07, 6.45) is 8.50. The van der Waals surface area contributed by atoms with Gasteiger partial charge in [-0.3, -0.25) is 4.98 Å². The molecule has 3 heteroatoms. The number of hydrogen-bond donors (Lipinski definition) is 0. The lowest BCUT2D eigenvalue weighted by molar-refractivity contribution is 0.546. The molecule has 0 radical (unpaired) electrons. The molecule has 1 fully saturated rings. The molecule has 1 aliphatic carbocycles. The summed E-state index contributed by atoms with van der Waals surface area (Å²) >= 11 is 0. The van der Waals surface area contributed by atoms with Gasteiger partial charge in [-0.25, -0.2) is 4.98 Å². The Bertz CT molecular complexity index is 2050. The average molecular weight is 557 g/mol. The van der Waals surface area contributed by atoms with E-state index in [4.69, 9.17) is 14.4 Å². The fourth-order valence-electron chi connectivity index (χ4n) is 6.74. The molecule has 43 heavy (non-hydrogen) atoms. The zero-order chi connectivity index (χ0) is 28.6. The summed E-state index contributed by atoms with van der Waals surface area (Å²) in [4.78, 5) is 9.95. The number of benzene rings is 4. The van der Waals surface area contributed by atoms with Gasteiger partial charge < -0.3 is 4.42 Å². The first-order chi connectivity index (χ1) is 21.3. The molecule has 7 aromatic rings. The minimum absolute atomic E-state index is 0.799. The van der Waals surface area contributed by atoms with E-state index < -0.39 is 0 Å². The third kappa shape index (κ3) is 4.91. The molecule has 3 nitrogen and oxygen atoms in total. The van der Waals surface area contributed by atoms with Crippen LogP contribution in [-0.2, 0) is 6.42 Å². The van der Waals surface area contributed by atoms with Crippen LogP contribution in [0, 0.1) is 5.92 Å². The van der Waals surface area contributed by atoms with Crippen molar-refractivity contribution < 1.29 is 4.42 Å². The minimum Gasteiger partial charge on any atom is -0.455 e. The van der Waals surface area contributed by atoms with Gasteiger partial charge in [-0.1, -0.05) is 111 Å². The van der Waals surface area contributed by atoms with Crippen molar-refractivity contribution in [2.24, 2.45) is 5.92 Å². The van der Waals surface area contributed by atoms with Crippen molar-refractivity contribution in [3.8, 4) is 44.9 Å². The van der Waals surface area contributed by atoms with Crippen molar-refractivity contribution in [3.05, 3.63) is 133 Å². The monoisotopic (exact) mass is 556 g/mol. The van der Waals surface area contributed by atoms with E-state index in [0.29, 0.717) is 0 Å². The van der Waals surface area contributed by atoms with Gasteiger partial charge in [0.25, 0.3) is 0 Å². The normalized spacial score (nSPS) is 13.7. The van der Waals surface area contributed by atoms with E-state index >= 15 is 0 Å². The summed E-state index contributed by atoms with van der Waals surface area (Å²) in [6, 6.07) is 42.5. The van der Waals surface area contributed by atoms with Gasteiger partial charge in [0.05, 0.1) is 17.1 Å².